The minimum absolute atomic E-state index is 0.280. The Hall–Kier alpha value is -2.97. The number of aryl methyl sites for hydroxylation is 2. The lowest BCUT2D eigenvalue weighted by Gasteiger charge is -2.05. The molecule has 1 N–H and O–H groups in total. The molecule has 0 radical (unpaired) electrons. The molecule has 1 aromatic heterocycles. The van der Waals surface area contributed by atoms with Crippen molar-refractivity contribution < 1.29 is 0 Å². The molecule has 4 nitrogen and oxygen atoms in total. The van der Waals surface area contributed by atoms with Gasteiger partial charge in [-0.25, -0.2) is 4.98 Å². The first-order valence-corrected chi connectivity index (χ1v) is 8.37. The first-order chi connectivity index (χ1) is 11.7. The van der Waals surface area contributed by atoms with Gasteiger partial charge in [0.05, 0.1) is 11.4 Å². The Balaban J connectivity index is 1.84. The molecule has 0 unspecified atom stereocenters. The first-order valence-electron chi connectivity index (χ1n) is 7.50. The van der Waals surface area contributed by atoms with E-state index < -0.39 is 0 Å². The van der Waals surface area contributed by atoms with Crippen LogP contribution in [0.25, 0.3) is 11.3 Å². The summed E-state index contributed by atoms with van der Waals surface area (Å²) in [7, 11) is 0. The molecule has 0 bridgehead atoms. The summed E-state index contributed by atoms with van der Waals surface area (Å²) in [5.41, 5.74) is 8.29. The third-order valence-corrected chi connectivity index (χ3v) is 4.40. The van der Waals surface area contributed by atoms with Crippen LogP contribution in [-0.2, 0) is 0 Å². The van der Waals surface area contributed by atoms with Gasteiger partial charge in [-0.1, -0.05) is 48.0 Å². The number of nitrogens with one attached hydrogen (secondary N) is 1. The standard InChI is InChI=1S/C19H16N4S/c1-13-8-9-16(14(2)10-13)22-23-17(11-20)19-21-18(12-24-19)15-6-4-3-5-7-15/h3-10,12,22H,1-2H3/b23-17-. The lowest BCUT2D eigenvalue weighted by atomic mass is 10.1. The van der Waals surface area contributed by atoms with Crippen LogP contribution < -0.4 is 5.43 Å². The molecule has 0 saturated carbocycles. The monoisotopic (exact) mass is 332 g/mol. The van der Waals surface area contributed by atoms with Crippen molar-refractivity contribution in [3.05, 3.63) is 70.0 Å². The molecule has 0 atom stereocenters. The summed E-state index contributed by atoms with van der Waals surface area (Å²) >= 11 is 1.41. The van der Waals surface area contributed by atoms with Gasteiger partial charge in [-0.05, 0) is 25.5 Å². The van der Waals surface area contributed by atoms with Gasteiger partial charge in [0.25, 0.3) is 0 Å². The predicted octanol–water partition coefficient (Wildman–Crippen LogP) is 4.77. The zero-order chi connectivity index (χ0) is 16.9. The summed E-state index contributed by atoms with van der Waals surface area (Å²) < 4.78 is 0. The first kappa shape index (κ1) is 15.9. The number of nitrogens with zero attached hydrogens (tertiary/aromatic N) is 3. The van der Waals surface area contributed by atoms with Gasteiger partial charge in [-0.15, -0.1) is 11.3 Å². The molecule has 3 aromatic rings. The molecule has 1 heterocycles. The van der Waals surface area contributed by atoms with Crippen LogP contribution in [0.2, 0.25) is 0 Å². The van der Waals surface area contributed by atoms with Crippen LogP contribution >= 0.6 is 11.3 Å². The summed E-state index contributed by atoms with van der Waals surface area (Å²) in [4.78, 5) is 4.53. The van der Waals surface area contributed by atoms with E-state index in [2.05, 4.69) is 27.6 Å². The van der Waals surface area contributed by atoms with Crippen LogP contribution in [0.1, 0.15) is 16.1 Å². The Morgan fingerprint density at radius 1 is 1.17 bits per heavy atom. The Kier molecular flexibility index (Phi) is 4.69. The molecule has 0 aliphatic carbocycles. The number of benzene rings is 2. The predicted molar refractivity (Wildman–Crippen MR) is 99.2 cm³/mol. The van der Waals surface area contributed by atoms with E-state index in [4.69, 9.17) is 0 Å². The Labute approximate surface area is 145 Å². The number of hydrogen-bond acceptors (Lipinski definition) is 5. The molecular formula is C19H16N4S. The van der Waals surface area contributed by atoms with Crippen molar-refractivity contribution in [2.75, 3.05) is 5.43 Å². The number of thiazole rings is 1. The third-order valence-electron chi connectivity index (χ3n) is 3.55. The maximum Gasteiger partial charge on any atom is 0.196 e. The van der Waals surface area contributed by atoms with Crippen molar-refractivity contribution in [1.82, 2.24) is 4.98 Å². The van der Waals surface area contributed by atoms with E-state index in [0.29, 0.717) is 5.01 Å². The highest BCUT2D eigenvalue weighted by atomic mass is 32.1. The van der Waals surface area contributed by atoms with Gasteiger partial charge >= 0.3 is 0 Å². The molecule has 3 rings (SSSR count). The summed E-state index contributed by atoms with van der Waals surface area (Å²) in [6, 6.07) is 18.0. The second-order valence-corrected chi connectivity index (χ2v) is 6.26. The summed E-state index contributed by atoms with van der Waals surface area (Å²) in [6.07, 6.45) is 0. The zero-order valence-electron chi connectivity index (χ0n) is 13.4. The zero-order valence-corrected chi connectivity index (χ0v) is 14.3. The fourth-order valence-electron chi connectivity index (χ4n) is 2.30. The van der Waals surface area contributed by atoms with Crippen molar-refractivity contribution >= 4 is 22.7 Å². The Morgan fingerprint density at radius 2 is 1.96 bits per heavy atom. The van der Waals surface area contributed by atoms with Crippen LogP contribution in [0.3, 0.4) is 0 Å². The van der Waals surface area contributed by atoms with Crippen LogP contribution in [0.15, 0.2) is 59.0 Å². The fourth-order valence-corrected chi connectivity index (χ4v) is 3.07. The van der Waals surface area contributed by atoms with E-state index in [1.165, 1.54) is 16.9 Å². The second kappa shape index (κ2) is 7.07. The molecule has 0 aliphatic heterocycles. The lowest BCUT2D eigenvalue weighted by molar-refractivity contribution is 1.27. The molecular weight excluding hydrogens is 316 g/mol. The maximum atomic E-state index is 9.40. The van der Waals surface area contributed by atoms with Gasteiger partial charge in [-0.3, -0.25) is 5.43 Å². The SMILES string of the molecule is Cc1ccc(N/N=C(/C#N)c2nc(-c3ccccc3)cs2)c(C)c1. The fraction of sp³-hybridized carbons (Fsp3) is 0.105. The smallest absolute Gasteiger partial charge is 0.196 e. The van der Waals surface area contributed by atoms with Gasteiger partial charge in [-0.2, -0.15) is 10.4 Å². The van der Waals surface area contributed by atoms with Gasteiger partial charge in [0.2, 0.25) is 0 Å². The molecule has 24 heavy (non-hydrogen) atoms. The van der Waals surface area contributed by atoms with E-state index >= 15 is 0 Å². The summed E-state index contributed by atoms with van der Waals surface area (Å²) in [6.45, 7) is 4.05. The highest BCUT2D eigenvalue weighted by Crippen LogP contribution is 2.22. The van der Waals surface area contributed by atoms with Crippen molar-refractivity contribution in [1.29, 1.82) is 5.26 Å². The number of hydrazone groups is 1. The van der Waals surface area contributed by atoms with Crippen LogP contribution in [0.4, 0.5) is 5.69 Å². The molecule has 0 saturated heterocycles. The number of anilines is 1. The highest BCUT2D eigenvalue weighted by Gasteiger charge is 2.10. The van der Waals surface area contributed by atoms with E-state index in [-0.39, 0.29) is 5.71 Å². The van der Waals surface area contributed by atoms with E-state index in [1.807, 2.05) is 61.7 Å². The average molecular weight is 332 g/mol. The molecule has 0 spiro atoms. The van der Waals surface area contributed by atoms with Crippen molar-refractivity contribution in [3.8, 4) is 17.3 Å². The number of hydrogen-bond donors (Lipinski definition) is 1. The Bertz CT molecular complexity index is 920. The molecule has 0 amide bonds. The summed E-state index contributed by atoms with van der Waals surface area (Å²) in [5.74, 6) is 0. The highest BCUT2D eigenvalue weighted by molar-refractivity contribution is 7.12. The molecule has 0 fully saturated rings. The Morgan fingerprint density at radius 3 is 2.67 bits per heavy atom. The van der Waals surface area contributed by atoms with Crippen molar-refractivity contribution in [2.24, 2.45) is 5.10 Å². The average Bonchev–Trinajstić information content (AvgIpc) is 3.08. The van der Waals surface area contributed by atoms with E-state index in [1.54, 1.807) is 0 Å². The molecule has 118 valence electrons. The second-order valence-electron chi connectivity index (χ2n) is 5.41. The molecule has 0 aliphatic rings. The largest absolute Gasteiger partial charge is 0.277 e. The van der Waals surface area contributed by atoms with Crippen LogP contribution in [0, 0.1) is 25.2 Å². The molecule has 2 aromatic carbocycles. The summed E-state index contributed by atoms with van der Waals surface area (Å²) in [5, 5.41) is 16.2. The third kappa shape index (κ3) is 3.50. The van der Waals surface area contributed by atoms with E-state index in [0.717, 1.165) is 22.5 Å². The van der Waals surface area contributed by atoms with Gasteiger partial charge in [0.15, 0.2) is 10.7 Å². The maximum absolute atomic E-state index is 9.40. The lowest BCUT2D eigenvalue weighted by Crippen LogP contribution is -2.02. The van der Waals surface area contributed by atoms with Crippen LogP contribution in [-0.4, -0.2) is 10.7 Å². The number of aromatic nitrogens is 1. The quantitative estimate of drug-likeness (QED) is 0.553. The van der Waals surface area contributed by atoms with Crippen molar-refractivity contribution in [2.45, 2.75) is 13.8 Å². The molecule has 5 heteroatoms. The minimum atomic E-state index is 0.280. The van der Waals surface area contributed by atoms with Gasteiger partial charge < -0.3 is 0 Å². The van der Waals surface area contributed by atoms with E-state index in [9.17, 15) is 5.26 Å². The van der Waals surface area contributed by atoms with Gasteiger partial charge in [0.1, 0.15) is 6.07 Å². The topological polar surface area (TPSA) is 61.1 Å². The van der Waals surface area contributed by atoms with Crippen molar-refractivity contribution in [3.63, 3.8) is 0 Å². The number of rotatable bonds is 4. The van der Waals surface area contributed by atoms with Gasteiger partial charge in [0, 0.05) is 10.9 Å². The normalized spacial score (nSPS) is 11.1. The number of nitriles is 1. The minimum Gasteiger partial charge on any atom is -0.277 e. The van der Waals surface area contributed by atoms with Crippen LogP contribution in [0.5, 0.6) is 0 Å².